The highest BCUT2D eigenvalue weighted by molar-refractivity contribution is 5.95. The van der Waals surface area contributed by atoms with Crippen molar-refractivity contribution in [2.45, 2.75) is 31.7 Å². The molecule has 0 radical (unpaired) electrons. The second-order valence-corrected chi connectivity index (χ2v) is 9.32. The van der Waals surface area contributed by atoms with Crippen molar-refractivity contribution in [3.05, 3.63) is 89.5 Å². The van der Waals surface area contributed by atoms with E-state index in [0.29, 0.717) is 5.69 Å². The Morgan fingerprint density at radius 2 is 1.46 bits per heavy atom. The lowest BCUT2D eigenvalue weighted by Gasteiger charge is -2.28. The molecule has 3 aromatic carbocycles. The first-order valence-electron chi connectivity index (χ1n) is 11.4. The number of fused-ring (bicyclic) bond motifs is 3. The van der Waals surface area contributed by atoms with Gasteiger partial charge in [-0.25, -0.2) is 9.59 Å². The molecule has 0 saturated carbocycles. The summed E-state index contributed by atoms with van der Waals surface area (Å²) in [7, 11) is 1.61. The Morgan fingerprint density at radius 1 is 0.914 bits per heavy atom. The first-order valence-corrected chi connectivity index (χ1v) is 11.4. The summed E-state index contributed by atoms with van der Waals surface area (Å²) in [5.41, 5.74) is 4.43. The fourth-order valence-electron chi connectivity index (χ4n) is 4.42. The van der Waals surface area contributed by atoms with Gasteiger partial charge in [0, 0.05) is 30.6 Å². The molecule has 0 fully saturated rings. The van der Waals surface area contributed by atoms with Gasteiger partial charge in [0.25, 0.3) is 0 Å². The number of nitrogens with zero attached hydrogens (tertiary/aromatic N) is 1. The summed E-state index contributed by atoms with van der Waals surface area (Å²) in [6.45, 7) is 3.71. The number of hydrogen-bond acceptors (Lipinski definition) is 4. The molecule has 180 valence electrons. The van der Waals surface area contributed by atoms with Crippen LogP contribution < -0.4 is 10.2 Å². The monoisotopic (exact) mass is 472 g/mol. The number of carboxylic acids is 1. The predicted molar refractivity (Wildman–Crippen MR) is 134 cm³/mol. The number of carboxylic acid groups (broad SMARTS) is 1. The third-order valence-electron chi connectivity index (χ3n) is 6.25. The normalized spacial score (nSPS) is 12.4. The van der Waals surface area contributed by atoms with E-state index in [-0.39, 0.29) is 30.4 Å². The molecule has 1 aliphatic rings. The first-order chi connectivity index (χ1) is 16.7. The summed E-state index contributed by atoms with van der Waals surface area (Å²) in [4.78, 5) is 37.9. The molecule has 0 aromatic heterocycles. The van der Waals surface area contributed by atoms with Crippen molar-refractivity contribution in [3.63, 3.8) is 0 Å². The molecule has 0 saturated heterocycles. The van der Waals surface area contributed by atoms with Crippen LogP contribution in [0.3, 0.4) is 0 Å². The van der Waals surface area contributed by atoms with E-state index in [1.165, 1.54) is 17.0 Å². The molecule has 2 N–H and O–H groups in total. The number of carbonyl (C=O) groups excluding carboxylic acids is 2. The highest BCUT2D eigenvalue weighted by Gasteiger charge is 2.31. The molecule has 1 aliphatic carbocycles. The number of hydrogen-bond donors (Lipinski definition) is 2. The number of alkyl carbamates (subject to hydrolysis) is 1. The number of carbonyl (C=O) groups is 3. The quantitative estimate of drug-likeness (QED) is 0.501. The summed E-state index contributed by atoms with van der Waals surface area (Å²) in [6, 6.07) is 22.3. The average molecular weight is 473 g/mol. The Labute approximate surface area is 204 Å². The molecule has 0 spiro atoms. The van der Waals surface area contributed by atoms with Gasteiger partial charge in [-0.2, -0.15) is 0 Å². The molecule has 7 nitrogen and oxygen atoms in total. The van der Waals surface area contributed by atoms with Crippen molar-refractivity contribution < 1.29 is 24.2 Å². The third kappa shape index (κ3) is 5.19. The van der Waals surface area contributed by atoms with E-state index in [9.17, 15) is 14.4 Å². The van der Waals surface area contributed by atoms with Gasteiger partial charge in [0.15, 0.2) is 0 Å². The fraction of sp³-hybridized carbons (Fsp3) is 0.250. The van der Waals surface area contributed by atoms with Gasteiger partial charge in [-0.05, 0) is 60.4 Å². The SMILES string of the molecule is CN(C(=O)CC(C)(C)NC(=O)OCC1c2ccccc2-c2ccccc21)c1ccc(C(=O)O)cc1. The van der Waals surface area contributed by atoms with Gasteiger partial charge in [-0.3, -0.25) is 4.79 Å². The van der Waals surface area contributed by atoms with Crippen LogP contribution in [-0.4, -0.2) is 42.3 Å². The first kappa shape index (κ1) is 24.0. The Kier molecular flexibility index (Phi) is 6.60. The van der Waals surface area contributed by atoms with Crippen LogP contribution in [0.25, 0.3) is 11.1 Å². The number of ether oxygens (including phenoxy) is 1. The van der Waals surface area contributed by atoms with E-state index >= 15 is 0 Å². The Balaban J connectivity index is 1.35. The highest BCUT2D eigenvalue weighted by atomic mass is 16.5. The summed E-state index contributed by atoms with van der Waals surface area (Å²) in [5.74, 6) is -1.30. The largest absolute Gasteiger partial charge is 0.478 e. The van der Waals surface area contributed by atoms with Crippen LogP contribution in [0.1, 0.15) is 47.7 Å². The summed E-state index contributed by atoms with van der Waals surface area (Å²) < 4.78 is 5.61. The minimum absolute atomic E-state index is 0.0361. The van der Waals surface area contributed by atoms with Crippen molar-refractivity contribution in [1.29, 1.82) is 0 Å². The lowest BCUT2D eigenvalue weighted by Crippen LogP contribution is -2.47. The minimum Gasteiger partial charge on any atom is -0.478 e. The van der Waals surface area contributed by atoms with Gasteiger partial charge in [-0.1, -0.05) is 48.5 Å². The molecule has 2 amide bonds. The van der Waals surface area contributed by atoms with Gasteiger partial charge in [-0.15, -0.1) is 0 Å². The van der Waals surface area contributed by atoms with Gasteiger partial charge < -0.3 is 20.1 Å². The third-order valence-corrected chi connectivity index (χ3v) is 6.25. The number of nitrogens with one attached hydrogen (secondary N) is 1. The second kappa shape index (κ2) is 9.62. The molecular weight excluding hydrogens is 444 g/mol. The zero-order valence-corrected chi connectivity index (χ0v) is 19.9. The zero-order chi connectivity index (χ0) is 25.2. The zero-order valence-electron chi connectivity index (χ0n) is 19.9. The topological polar surface area (TPSA) is 95.9 Å². The Hall–Kier alpha value is -4.13. The summed E-state index contributed by atoms with van der Waals surface area (Å²) >= 11 is 0. The molecule has 35 heavy (non-hydrogen) atoms. The second-order valence-electron chi connectivity index (χ2n) is 9.32. The van der Waals surface area contributed by atoms with E-state index in [1.807, 2.05) is 24.3 Å². The van der Waals surface area contributed by atoms with Crippen molar-refractivity contribution in [3.8, 4) is 11.1 Å². The van der Waals surface area contributed by atoms with Crippen molar-refractivity contribution >= 4 is 23.7 Å². The lowest BCUT2D eigenvalue weighted by molar-refractivity contribution is -0.119. The van der Waals surface area contributed by atoms with Crippen LogP contribution in [0.4, 0.5) is 10.5 Å². The summed E-state index contributed by atoms with van der Waals surface area (Å²) in [5, 5.41) is 11.8. The number of aromatic carboxylic acids is 1. The predicted octanol–water partition coefficient (Wildman–Crippen LogP) is 5.06. The van der Waals surface area contributed by atoms with Gasteiger partial charge in [0.2, 0.25) is 5.91 Å². The highest BCUT2D eigenvalue weighted by Crippen LogP contribution is 2.44. The van der Waals surface area contributed by atoms with Crippen molar-refractivity contribution in [1.82, 2.24) is 5.32 Å². The molecule has 0 bridgehead atoms. The van der Waals surface area contributed by atoms with Crippen LogP contribution in [0.5, 0.6) is 0 Å². The smallest absolute Gasteiger partial charge is 0.407 e. The van der Waals surface area contributed by atoms with E-state index in [2.05, 4.69) is 29.6 Å². The molecule has 0 atom stereocenters. The van der Waals surface area contributed by atoms with Crippen LogP contribution in [-0.2, 0) is 9.53 Å². The average Bonchev–Trinajstić information content (AvgIpc) is 3.15. The maximum atomic E-state index is 12.8. The van der Waals surface area contributed by atoms with Gasteiger partial charge >= 0.3 is 12.1 Å². The molecule has 3 aromatic rings. The Bertz CT molecular complexity index is 1220. The van der Waals surface area contributed by atoms with E-state index in [1.54, 1.807) is 33.0 Å². The maximum Gasteiger partial charge on any atom is 0.407 e. The molecular formula is C28H28N2O5. The molecule has 4 rings (SSSR count). The maximum absolute atomic E-state index is 12.8. The van der Waals surface area contributed by atoms with E-state index in [0.717, 1.165) is 22.3 Å². The Morgan fingerprint density at radius 3 is 2.00 bits per heavy atom. The van der Waals surface area contributed by atoms with Gasteiger partial charge in [0.1, 0.15) is 6.61 Å². The molecule has 7 heteroatoms. The number of amides is 2. The van der Waals surface area contributed by atoms with E-state index in [4.69, 9.17) is 9.84 Å². The fourth-order valence-corrected chi connectivity index (χ4v) is 4.42. The molecule has 0 aliphatic heterocycles. The van der Waals surface area contributed by atoms with E-state index < -0.39 is 17.6 Å². The minimum atomic E-state index is -1.03. The van der Waals surface area contributed by atoms with Crippen molar-refractivity contribution in [2.24, 2.45) is 0 Å². The number of anilines is 1. The van der Waals surface area contributed by atoms with Crippen LogP contribution in [0.2, 0.25) is 0 Å². The number of benzene rings is 3. The molecule has 0 unspecified atom stereocenters. The van der Waals surface area contributed by atoms with Gasteiger partial charge in [0.05, 0.1) is 5.56 Å². The lowest BCUT2D eigenvalue weighted by atomic mass is 9.98. The van der Waals surface area contributed by atoms with Crippen molar-refractivity contribution in [2.75, 3.05) is 18.6 Å². The standard InChI is InChI=1S/C28H28N2O5/c1-28(2,16-25(31)30(3)19-14-12-18(13-15-19)26(32)33)29-27(34)35-17-24-22-10-6-4-8-20(22)21-9-5-7-11-23(21)24/h4-15,24H,16-17H2,1-3H3,(H,29,34)(H,32,33). The number of rotatable bonds is 7. The van der Waals surface area contributed by atoms with Crippen LogP contribution in [0.15, 0.2) is 72.8 Å². The summed E-state index contributed by atoms with van der Waals surface area (Å²) in [6.07, 6.45) is -0.549. The van der Waals surface area contributed by atoms with Crippen LogP contribution >= 0.6 is 0 Å². The molecule has 0 heterocycles. The van der Waals surface area contributed by atoms with Crippen LogP contribution in [0, 0.1) is 0 Å².